The van der Waals surface area contributed by atoms with Gasteiger partial charge in [-0.3, -0.25) is 4.57 Å². The van der Waals surface area contributed by atoms with Crippen LogP contribution in [0.2, 0.25) is 0 Å². The summed E-state index contributed by atoms with van der Waals surface area (Å²) in [7, 11) is -2.57. The van der Waals surface area contributed by atoms with Crippen LogP contribution in [0.25, 0.3) is 0 Å². The first kappa shape index (κ1) is 14.9. The molecule has 20 heavy (non-hydrogen) atoms. The highest BCUT2D eigenvalue weighted by atomic mass is 31.2. The third kappa shape index (κ3) is 2.95. The molecule has 3 heterocycles. The Morgan fingerprint density at radius 3 is 1.05 bits per heavy atom. The quantitative estimate of drug-likeness (QED) is 0.567. The van der Waals surface area contributed by atoms with Crippen LogP contribution in [0.15, 0.2) is 0 Å². The Morgan fingerprint density at radius 2 is 0.800 bits per heavy atom. The number of piperazine rings is 3. The molecule has 0 amide bonds. The molecule has 3 fully saturated rings. The second-order valence-electron chi connectivity index (χ2n) is 5.62. The van der Waals surface area contributed by atoms with E-state index in [2.05, 4.69) is 30.0 Å². The lowest BCUT2D eigenvalue weighted by Gasteiger charge is -2.48. The average Bonchev–Trinajstić information content (AvgIpc) is 2.56. The number of rotatable bonds is 3. The molecule has 0 spiro atoms. The van der Waals surface area contributed by atoms with E-state index in [4.69, 9.17) is 0 Å². The molecule has 0 bridgehead atoms. The minimum absolute atomic E-state index is 0.894. The van der Waals surface area contributed by atoms with Crippen molar-refractivity contribution in [3.05, 3.63) is 0 Å². The Balaban J connectivity index is 1.81. The Bertz CT molecular complexity index is 298. The van der Waals surface area contributed by atoms with E-state index in [1.165, 1.54) is 0 Å². The Labute approximate surface area is 121 Å². The Kier molecular flexibility index (Phi) is 5.09. The molecule has 0 atom stereocenters. The Hall–Kier alpha value is -0.0100. The summed E-state index contributed by atoms with van der Waals surface area (Å²) in [6.45, 7) is 11.0. The van der Waals surface area contributed by atoms with Crippen LogP contribution in [0.1, 0.15) is 0 Å². The predicted octanol–water partition coefficient (Wildman–Crippen LogP) is -1.19. The summed E-state index contributed by atoms with van der Waals surface area (Å²) >= 11 is 0. The van der Waals surface area contributed by atoms with Crippen LogP contribution < -0.4 is 16.0 Å². The zero-order valence-electron chi connectivity index (χ0n) is 12.2. The van der Waals surface area contributed by atoms with Crippen molar-refractivity contribution < 1.29 is 4.57 Å². The SMILES string of the molecule is O=P(N1CCNCC1)(N1CCNCC1)N1CCNCC1. The molecule has 3 aliphatic rings. The fourth-order valence-corrected chi connectivity index (χ4v) is 6.51. The molecular formula is C12H27N6OP. The van der Waals surface area contributed by atoms with Crippen LogP contribution in [0, 0.1) is 0 Å². The molecule has 0 aromatic carbocycles. The summed E-state index contributed by atoms with van der Waals surface area (Å²) < 4.78 is 20.7. The minimum Gasteiger partial charge on any atom is -0.314 e. The van der Waals surface area contributed by atoms with Crippen molar-refractivity contribution in [3.63, 3.8) is 0 Å². The fourth-order valence-electron chi connectivity index (χ4n) is 3.28. The van der Waals surface area contributed by atoms with Crippen molar-refractivity contribution in [3.8, 4) is 0 Å². The maximum atomic E-state index is 14.0. The average molecular weight is 302 g/mol. The first-order chi connectivity index (χ1) is 9.82. The summed E-state index contributed by atoms with van der Waals surface area (Å²) in [6.07, 6.45) is 0. The van der Waals surface area contributed by atoms with Crippen LogP contribution in [-0.2, 0) is 4.57 Å². The molecule has 0 aromatic heterocycles. The third-order valence-electron chi connectivity index (χ3n) is 4.39. The van der Waals surface area contributed by atoms with Gasteiger partial charge in [-0.1, -0.05) is 0 Å². The monoisotopic (exact) mass is 302 g/mol. The summed E-state index contributed by atoms with van der Waals surface area (Å²) in [6, 6.07) is 0. The summed E-state index contributed by atoms with van der Waals surface area (Å²) in [5.41, 5.74) is 0. The van der Waals surface area contributed by atoms with Crippen molar-refractivity contribution in [1.29, 1.82) is 0 Å². The molecule has 0 radical (unpaired) electrons. The van der Waals surface area contributed by atoms with Gasteiger partial charge in [0.25, 0.3) is 7.59 Å². The molecule has 3 aliphatic heterocycles. The zero-order chi connectivity index (χ0) is 13.8. The van der Waals surface area contributed by atoms with Gasteiger partial charge in [0, 0.05) is 78.5 Å². The molecule has 3 rings (SSSR count). The standard InChI is InChI=1S/C12H27N6OP/c19-20(16-7-1-13-2-8-16,17-9-3-14-4-10-17)18-11-5-15-6-12-18/h13-15H,1-12H2. The maximum Gasteiger partial charge on any atom is 0.287 e. The summed E-state index contributed by atoms with van der Waals surface area (Å²) in [5.74, 6) is 0. The second kappa shape index (κ2) is 6.83. The van der Waals surface area contributed by atoms with E-state index in [1.807, 2.05) is 0 Å². The van der Waals surface area contributed by atoms with E-state index < -0.39 is 7.59 Å². The lowest BCUT2D eigenvalue weighted by atomic mass is 10.4. The first-order valence-electron chi connectivity index (χ1n) is 7.80. The van der Waals surface area contributed by atoms with Crippen LogP contribution in [-0.4, -0.2) is 92.5 Å². The van der Waals surface area contributed by atoms with Gasteiger partial charge in [0.15, 0.2) is 0 Å². The summed E-state index contributed by atoms with van der Waals surface area (Å²) in [4.78, 5) is 0. The first-order valence-corrected chi connectivity index (χ1v) is 9.37. The molecule has 0 aromatic rings. The minimum atomic E-state index is -2.57. The van der Waals surface area contributed by atoms with Gasteiger partial charge in [0.2, 0.25) is 0 Å². The van der Waals surface area contributed by atoms with E-state index in [0.717, 1.165) is 78.5 Å². The number of hydrogen-bond acceptors (Lipinski definition) is 4. The van der Waals surface area contributed by atoms with Gasteiger partial charge in [-0.15, -0.1) is 0 Å². The van der Waals surface area contributed by atoms with E-state index in [0.29, 0.717) is 0 Å². The zero-order valence-corrected chi connectivity index (χ0v) is 13.1. The topological polar surface area (TPSA) is 62.9 Å². The molecule has 0 saturated carbocycles. The lowest BCUT2D eigenvalue weighted by molar-refractivity contribution is 0.229. The van der Waals surface area contributed by atoms with Gasteiger partial charge in [0.05, 0.1) is 0 Å². The second-order valence-corrected chi connectivity index (χ2v) is 8.35. The molecule has 116 valence electrons. The van der Waals surface area contributed by atoms with Crippen LogP contribution in [0.5, 0.6) is 0 Å². The predicted molar refractivity (Wildman–Crippen MR) is 80.9 cm³/mol. The highest BCUT2D eigenvalue weighted by Crippen LogP contribution is 2.56. The van der Waals surface area contributed by atoms with E-state index in [9.17, 15) is 4.57 Å². The van der Waals surface area contributed by atoms with Crippen LogP contribution in [0.3, 0.4) is 0 Å². The van der Waals surface area contributed by atoms with Gasteiger partial charge < -0.3 is 16.0 Å². The molecular weight excluding hydrogens is 275 g/mol. The lowest BCUT2D eigenvalue weighted by Crippen LogP contribution is -2.55. The van der Waals surface area contributed by atoms with E-state index >= 15 is 0 Å². The molecule has 7 nitrogen and oxygen atoms in total. The van der Waals surface area contributed by atoms with Crippen molar-refractivity contribution in [2.45, 2.75) is 0 Å². The third-order valence-corrected chi connectivity index (χ3v) is 7.80. The van der Waals surface area contributed by atoms with Gasteiger partial charge in [-0.25, -0.2) is 14.0 Å². The Morgan fingerprint density at radius 1 is 0.550 bits per heavy atom. The molecule has 8 heteroatoms. The molecule has 3 saturated heterocycles. The van der Waals surface area contributed by atoms with Crippen LogP contribution >= 0.6 is 7.59 Å². The number of nitrogens with zero attached hydrogens (tertiary/aromatic N) is 3. The van der Waals surface area contributed by atoms with Crippen LogP contribution in [0.4, 0.5) is 0 Å². The summed E-state index contributed by atoms with van der Waals surface area (Å²) in [5, 5.41) is 10.1. The normalized spacial score (nSPS) is 28.6. The van der Waals surface area contributed by atoms with Gasteiger partial charge in [-0.2, -0.15) is 0 Å². The molecule has 0 unspecified atom stereocenters. The van der Waals surface area contributed by atoms with Gasteiger partial charge in [0.1, 0.15) is 0 Å². The van der Waals surface area contributed by atoms with Crippen molar-refractivity contribution in [1.82, 2.24) is 30.0 Å². The maximum absolute atomic E-state index is 14.0. The smallest absolute Gasteiger partial charge is 0.287 e. The van der Waals surface area contributed by atoms with Crippen molar-refractivity contribution in [2.75, 3.05) is 78.5 Å². The molecule has 0 aliphatic carbocycles. The van der Waals surface area contributed by atoms with E-state index in [-0.39, 0.29) is 0 Å². The highest BCUT2D eigenvalue weighted by Gasteiger charge is 2.43. The molecule has 3 N–H and O–H groups in total. The van der Waals surface area contributed by atoms with Gasteiger partial charge in [-0.05, 0) is 0 Å². The number of nitrogens with one attached hydrogen (secondary N) is 3. The largest absolute Gasteiger partial charge is 0.314 e. The highest BCUT2D eigenvalue weighted by molar-refractivity contribution is 7.56. The number of hydrogen-bond donors (Lipinski definition) is 3. The fraction of sp³-hybridized carbons (Fsp3) is 1.00. The van der Waals surface area contributed by atoms with E-state index in [1.54, 1.807) is 0 Å². The van der Waals surface area contributed by atoms with Gasteiger partial charge >= 0.3 is 0 Å². The van der Waals surface area contributed by atoms with Crippen molar-refractivity contribution in [2.24, 2.45) is 0 Å². The van der Waals surface area contributed by atoms with Crippen molar-refractivity contribution >= 4 is 7.59 Å².